The minimum atomic E-state index is -4.60. The highest BCUT2D eigenvalue weighted by atomic mass is 19.4. The molecule has 2 rings (SSSR count). The molecule has 0 aliphatic heterocycles. The zero-order valence-electron chi connectivity index (χ0n) is 18.5. The minimum Gasteiger partial charge on any atom is -0.334 e. The van der Waals surface area contributed by atoms with Crippen LogP contribution in [0.2, 0.25) is 0 Å². The van der Waals surface area contributed by atoms with Crippen molar-refractivity contribution in [2.75, 3.05) is 6.54 Å². The number of alkyl halides is 3. The number of unbranched alkanes of at least 4 members (excludes halogenated alkanes) is 2. The van der Waals surface area contributed by atoms with Gasteiger partial charge in [-0.3, -0.25) is 9.59 Å². The molecule has 0 aliphatic carbocycles. The number of hydrogen-bond donors (Lipinski definition) is 0. The zero-order valence-corrected chi connectivity index (χ0v) is 18.5. The second-order valence-corrected chi connectivity index (χ2v) is 7.77. The lowest BCUT2D eigenvalue weighted by molar-refractivity contribution is -0.137. The third-order valence-electron chi connectivity index (χ3n) is 5.25. The molecule has 0 N–H and O–H groups in total. The van der Waals surface area contributed by atoms with Crippen molar-refractivity contribution in [1.82, 2.24) is 14.7 Å². The summed E-state index contributed by atoms with van der Waals surface area (Å²) in [5.74, 6) is -0.541. The van der Waals surface area contributed by atoms with Gasteiger partial charge in [0.2, 0.25) is 5.43 Å². The number of rotatable bonds is 9. The fourth-order valence-corrected chi connectivity index (χ4v) is 3.60. The molecule has 0 saturated heterocycles. The van der Waals surface area contributed by atoms with Crippen molar-refractivity contribution in [1.29, 1.82) is 0 Å². The summed E-state index contributed by atoms with van der Waals surface area (Å²) in [6.45, 7) is 7.95. The normalized spacial score (nSPS) is 12.6. The lowest BCUT2D eigenvalue weighted by Gasteiger charge is -2.29. The topological polar surface area (TPSA) is 55.2 Å². The van der Waals surface area contributed by atoms with E-state index in [1.807, 2.05) is 13.8 Å². The van der Waals surface area contributed by atoms with Gasteiger partial charge in [0.05, 0.1) is 11.3 Å². The van der Waals surface area contributed by atoms with Gasteiger partial charge in [0, 0.05) is 24.3 Å². The quantitative estimate of drug-likeness (QED) is 0.495. The largest absolute Gasteiger partial charge is 0.418 e. The van der Waals surface area contributed by atoms with Gasteiger partial charge in [0.15, 0.2) is 5.69 Å². The van der Waals surface area contributed by atoms with E-state index in [0.717, 1.165) is 42.9 Å². The van der Waals surface area contributed by atoms with Crippen molar-refractivity contribution in [3.8, 4) is 5.69 Å². The van der Waals surface area contributed by atoms with E-state index in [2.05, 4.69) is 12.0 Å². The molecule has 0 fully saturated rings. The number of nitrogens with zero attached hydrogens (tertiary/aromatic N) is 3. The van der Waals surface area contributed by atoms with Crippen LogP contribution in [0, 0.1) is 6.92 Å². The standard InChI is InChI=1S/C23H30F3N3O2/c1-5-7-10-14-28(16(3)11-6-2)22(31)21-20(30)15-17(4)29(27-21)19-13-9-8-12-18(19)23(24,25)26/h8-9,12-13,15-16H,5-7,10-11,14H2,1-4H3. The monoisotopic (exact) mass is 437 g/mol. The van der Waals surface area contributed by atoms with Crippen LogP contribution < -0.4 is 5.43 Å². The van der Waals surface area contributed by atoms with Crippen LogP contribution in [0.15, 0.2) is 35.1 Å². The number of benzene rings is 1. The lowest BCUT2D eigenvalue weighted by atomic mass is 10.1. The van der Waals surface area contributed by atoms with Crippen LogP contribution in [-0.4, -0.2) is 33.2 Å². The Balaban J connectivity index is 2.55. The van der Waals surface area contributed by atoms with Crippen LogP contribution >= 0.6 is 0 Å². The van der Waals surface area contributed by atoms with Gasteiger partial charge in [-0.15, -0.1) is 0 Å². The maximum atomic E-state index is 13.5. The summed E-state index contributed by atoms with van der Waals surface area (Å²) in [5.41, 5.74) is -1.83. The SMILES string of the molecule is CCCCCN(C(=O)c1nn(-c2ccccc2C(F)(F)F)c(C)cc1=O)C(C)CCC. The molecule has 170 valence electrons. The molecule has 31 heavy (non-hydrogen) atoms. The summed E-state index contributed by atoms with van der Waals surface area (Å²) in [7, 11) is 0. The summed E-state index contributed by atoms with van der Waals surface area (Å²) in [4.78, 5) is 27.5. The summed E-state index contributed by atoms with van der Waals surface area (Å²) >= 11 is 0. The zero-order chi connectivity index (χ0) is 23.2. The number of aromatic nitrogens is 2. The number of carbonyl (C=O) groups excluding carboxylic acids is 1. The molecule has 8 heteroatoms. The predicted octanol–water partition coefficient (Wildman–Crippen LogP) is 5.38. The van der Waals surface area contributed by atoms with Gasteiger partial charge in [-0.25, -0.2) is 4.68 Å². The molecule has 0 aliphatic rings. The maximum absolute atomic E-state index is 13.5. The lowest BCUT2D eigenvalue weighted by Crippen LogP contribution is -2.42. The smallest absolute Gasteiger partial charge is 0.334 e. The van der Waals surface area contributed by atoms with Crippen molar-refractivity contribution in [2.24, 2.45) is 0 Å². The Morgan fingerprint density at radius 1 is 1.16 bits per heavy atom. The van der Waals surface area contributed by atoms with E-state index in [1.165, 1.54) is 31.2 Å². The van der Waals surface area contributed by atoms with Gasteiger partial charge < -0.3 is 4.90 Å². The first-order valence-corrected chi connectivity index (χ1v) is 10.7. The Hall–Kier alpha value is -2.64. The fourth-order valence-electron chi connectivity index (χ4n) is 3.60. The Kier molecular flexibility index (Phi) is 8.42. The molecule has 0 saturated carbocycles. The Bertz CT molecular complexity index is 954. The van der Waals surface area contributed by atoms with E-state index in [4.69, 9.17) is 0 Å². The number of carbonyl (C=O) groups is 1. The van der Waals surface area contributed by atoms with Gasteiger partial charge >= 0.3 is 6.18 Å². The Labute approximate surface area is 180 Å². The Morgan fingerprint density at radius 2 is 1.84 bits per heavy atom. The molecule has 1 aromatic carbocycles. The van der Waals surface area contributed by atoms with E-state index in [0.29, 0.717) is 6.54 Å². The van der Waals surface area contributed by atoms with Gasteiger partial charge in [0.25, 0.3) is 5.91 Å². The van der Waals surface area contributed by atoms with E-state index < -0.39 is 23.1 Å². The molecule has 1 atom stereocenters. The third-order valence-corrected chi connectivity index (χ3v) is 5.25. The average molecular weight is 438 g/mol. The molecular weight excluding hydrogens is 407 g/mol. The first kappa shape index (κ1) is 24.6. The number of halogens is 3. The molecule has 0 radical (unpaired) electrons. The third kappa shape index (κ3) is 5.95. The highest BCUT2D eigenvalue weighted by Gasteiger charge is 2.34. The minimum absolute atomic E-state index is 0.104. The number of para-hydroxylation sites is 1. The van der Waals surface area contributed by atoms with Gasteiger partial charge in [-0.05, 0) is 38.8 Å². The van der Waals surface area contributed by atoms with E-state index >= 15 is 0 Å². The summed E-state index contributed by atoms with van der Waals surface area (Å²) in [5, 5.41) is 4.12. The number of hydrogen-bond acceptors (Lipinski definition) is 3. The van der Waals surface area contributed by atoms with Crippen LogP contribution in [0.4, 0.5) is 13.2 Å². The first-order valence-electron chi connectivity index (χ1n) is 10.7. The highest BCUT2D eigenvalue weighted by molar-refractivity contribution is 5.92. The fraction of sp³-hybridized carbons (Fsp3) is 0.522. The number of aryl methyl sites for hydroxylation is 1. The summed E-state index contributed by atoms with van der Waals surface area (Å²) in [6.07, 6.45) is -0.272. The molecular formula is C23H30F3N3O2. The Morgan fingerprint density at radius 3 is 2.45 bits per heavy atom. The average Bonchev–Trinajstić information content (AvgIpc) is 2.70. The maximum Gasteiger partial charge on any atom is 0.418 e. The van der Waals surface area contributed by atoms with E-state index in [1.54, 1.807) is 4.90 Å². The van der Waals surface area contributed by atoms with E-state index in [-0.39, 0.29) is 23.1 Å². The molecule has 0 bridgehead atoms. The first-order chi connectivity index (χ1) is 14.6. The summed E-state index contributed by atoms with van der Waals surface area (Å²) in [6, 6.07) is 6.05. The molecule has 0 spiro atoms. The summed E-state index contributed by atoms with van der Waals surface area (Å²) < 4.78 is 41.6. The highest BCUT2D eigenvalue weighted by Crippen LogP contribution is 2.33. The molecule has 1 heterocycles. The van der Waals surface area contributed by atoms with Crippen molar-refractivity contribution < 1.29 is 18.0 Å². The molecule has 5 nitrogen and oxygen atoms in total. The molecule has 1 aromatic heterocycles. The van der Waals surface area contributed by atoms with Gasteiger partial charge in [0.1, 0.15) is 0 Å². The molecule has 1 unspecified atom stereocenters. The van der Waals surface area contributed by atoms with Crippen molar-refractivity contribution in [2.45, 2.75) is 72.0 Å². The van der Waals surface area contributed by atoms with Gasteiger partial charge in [-0.2, -0.15) is 18.3 Å². The van der Waals surface area contributed by atoms with Gasteiger partial charge in [-0.1, -0.05) is 45.2 Å². The van der Waals surface area contributed by atoms with Crippen LogP contribution in [0.1, 0.15) is 74.6 Å². The number of amides is 1. The second kappa shape index (κ2) is 10.6. The van der Waals surface area contributed by atoms with Crippen molar-refractivity contribution in [3.63, 3.8) is 0 Å². The van der Waals surface area contributed by atoms with Crippen molar-refractivity contribution >= 4 is 5.91 Å². The second-order valence-electron chi connectivity index (χ2n) is 7.77. The van der Waals surface area contributed by atoms with E-state index in [9.17, 15) is 22.8 Å². The predicted molar refractivity (Wildman–Crippen MR) is 115 cm³/mol. The molecule has 1 amide bonds. The van der Waals surface area contributed by atoms with Crippen LogP contribution in [-0.2, 0) is 6.18 Å². The van der Waals surface area contributed by atoms with Crippen molar-refractivity contribution in [3.05, 3.63) is 57.5 Å². The molecule has 2 aromatic rings. The van der Waals surface area contributed by atoms with Crippen LogP contribution in [0.5, 0.6) is 0 Å². The van der Waals surface area contributed by atoms with Crippen LogP contribution in [0.25, 0.3) is 5.69 Å². The van der Waals surface area contributed by atoms with Crippen LogP contribution in [0.3, 0.4) is 0 Å².